The van der Waals surface area contributed by atoms with Crippen LogP contribution in [0.1, 0.15) is 19.4 Å². The Morgan fingerprint density at radius 1 is 0.912 bits per heavy atom. The smallest absolute Gasteiger partial charge is 0.221 e. The maximum absolute atomic E-state index is 11.8. The quantitative estimate of drug-likeness (QED) is 0.291. The van der Waals surface area contributed by atoms with Crippen LogP contribution in [-0.4, -0.2) is 26.1 Å². The monoisotopic (exact) mass is 445 g/mol. The van der Waals surface area contributed by atoms with Crippen LogP contribution in [0.15, 0.2) is 72.8 Å². The van der Waals surface area contributed by atoms with Crippen molar-refractivity contribution in [2.75, 3.05) is 5.32 Å². The predicted octanol–water partition coefficient (Wildman–Crippen LogP) is 6.45. The van der Waals surface area contributed by atoms with Crippen molar-refractivity contribution in [3.8, 4) is 22.6 Å². The number of benzene rings is 4. The molecule has 0 saturated carbocycles. The summed E-state index contributed by atoms with van der Waals surface area (Å²) in [4.78, 5) is 19.9. The Bertz CT molecular complexity index is 1680. The zero-order chi connectivity index (χ0) is 23.2. The van der Waals surface area contributed by atoms with E-state index in [2.05, 4.69) is 63.8 Å². The minimum Gasteiger partial charge on any atom is -0.337 e. The van der Waals surface area contributed by atoms with Gasteiger partial charge >= 0.3 is 0 Å². The van der Waals surface area contributed by atoms with Gasteiger partial charge in [0.15, 0.2) is 5.82 Å². The number of anilines is 1. The number of carbonyl (C=O) groups excluding carboxylic acids is 1. The molecule has 34 heavy (non-hydrogen) atoms. The van der Waals surface area contributed by atoms with Gasteiger partial charge in [-0.3, -0.25) is 9.89 Å². The van der Waals surface area contributed by atoms with E-state index in [-0.39, 0.29) is 5.91 Å². The van der Waals surface area contributed by atoms with E-state index in [1.54, 1.807) is 0 Å². The fourth-order valence-corrected chi connectivity index (χ4v) is 4.61. The summed E-state index contributed by atoms with van der Waals surface area (Å²) in [5.74, 6) is 0.663. The average molecular weight is 446 g/mol. The molecule has 4 aromatic carbocycles. The maximum Gasteiger partial charge on any atom is 0.221 e. The van der Waals surface area contributed by atoms with Crippen LogP contribution < -0.4 is 5.32 Å². The zero-order valence-electron chi connectivity index (χ0n) is 18.9. The van der Waals surface area contributed by atoms with Gasteiger partial charge in [0.1, 0.15) is 5.69 Å². The number of rotatable bonds is 4. The average Bonchev–Trinajstić information content (AvgIpc) is 3.46. The Morgan fingerprint density at radius 2 is 1.79 bits per heavy atom. The molecule has 1 amide bonds. The third kappa shape index (κ3) is 3.31. The molecule has 0 aliphatic carbocycles. The van der Waals surface area contributed by atoms with E-state index in [1.165, 1.54) is 12.5 Å². The largest absolute Gasteiger partial charge is 0.337 e. The molecule has 6 heteroatoms. The van der Waals surface area contributed by atoms with Crippen LogP contribution in [0.2, 0.25) is 0 Å². The van der Waals surface area contributed by atoms with E-state index in [1.807, 2.05) is 36.4 Å². The summed E-state index contributed by atoms with van der Waals surface area (Å²) in [5.41, 5.74) is 7.90. The van der Waals surface area contributed by atoms with Crippen molar-refractivity contribution in [3.63, 3.8) is 0 Å². The van der Waals surface area contributed by atoms with Gasteiger partial charge in [-0.25, -0.2) is 4.98 Å². The number of hydrogen-bond donors (Lipinski definition) is 3. The van der Waals surface area contributed by atoms with Crippen molar-refractivity contribution in [3.05, 3.63) is 78.4 Å². The Morgan fingerprint density at radius 3 is 2.62 bits per heavy atom. The van der Waals surface area contributed by atoms with Crippen molar-refractivity contribution < 1.29 is 4.79 Å². The normalized spacial score (nSPS) is 11.5. The molecule has 2 aromatic heterocycles. The van der Waals surface area contributed by atoms with Crippen LogP contribution in [0.3, 0.4) is 0 Å². The van der Waals surface area contributed by atoms with Crippen LogP contribution in [0.5, 0.6) is 0 Å². The highest BCUT2D eigenvalue weighted by Crippen LogP contribution is 2.37. The Kier molecular flexibility index (Phi) is 4.66. The standard InChI is InChI=1S/C28H23N5O/c1-3-17-13-20(19-7-6-10-23(21(19)14-17)29-16(2)34)18-11-12-24-22(15-18)27(33-32-24)28-30-25-8-4-5-9-26(25)31-28/h4-15H,3H2,1-2H3,(H,29,34)(H,30,31)(H,32,33). The highest BCUT2D eigenvalue weighted by Gasteiger charge is 2.15. The van der Waals surface area contributed by atoms with Gasteiger partial charge in [0.05, 0.1) is 16.6 Å². The lowest BCUT2D eigenvalue weighted by molar-refractivity contribution is -0.114. The molecular formula is C28H23N5O. The summed E-state index contributed by atoms with van der Waals surface area (Å²) in [7, 11) is 0. The molecule has 0 bridgehead atoms. The maximum atomic E-state index is 11.8. The third-order valence-corrected chi connectivity index (χ3v) is 6.26. The molecule has 0 unspecified atom stereocenters. The first-order chi connectivity index (χ1) is 16.6. The van der Waals surface area contributed by atoms with Crippen LogP contribution in [-0.2, 0) is 11.2 Å². The molecule has 0 saturated heterocycles. The first-order valence-electron chi connectivity index (χ1n) is 11.4. The highest BCUT2D eigenvalue weighted by atomic mass is 16.1. The summed E-state index contributed by atoms with van der Waals surface area (Å²) < 4.78 is 0. The van der Waals surface area contributed by atoms with Crippen molar-refractivity contribution >= 4 is 44.3 Å². The van der Waals surface area contributed by atoms with Gasteiger partial charge in [-0.2, -0.15) is 5.10 Å². The Balaban J connectivity index is 1.56. The highest BCUT2D eigenvalue weighted by molar-refractivity contribution is 6.08. The number of aromatic amines is 2. The van der Waals surface area contributed by atoms with Gasteiger partial charge in [0.2, 0.25) is 5.91 Å². The van der Waals surface area contributed by atoms with E-state index in [4.69, 9.17) is 4.98 Å². The van der Waals surface area contributed by atoms with Gasteiger partial charge in [0.25, 0.3) is 0 Å². The molecule has 0 fully saturated rings. The zero-order valence-corrected chi connectivity index (χ0v) is 18.9. The number of para-hydroxylation sites is 2. The van der Waals surface area contributed by atoms with E-state index < -0.39 is 0 Å². The molecule has 166 valence electrons. The van der Waals surface area contributed by atoms with Crippen LogP contribution in [0, 0.1) is 0 Å². The van der Waals surface area contributed by atoms with Crippen LogP contribution in [0.4, 0.5) is 5.69 Å². The molecule has 0 aliphatic heterocycles. The number of aryl methyl sites for hydroxylation is 1. The van der Waals surface area contributed by atoms with Crippen molar-refractivity contribution in [1.29, 1.82) is 0 Å². The minimum atomic E-state index is -0.0776. The van der Waals surface area contributed by atoms with Gasteiger partial charge in [-0.15, -0.1) is 0 Å². The van der Waals surface area contributed by atoms with Crippen molar-refractivity contribution in [1.82, 2.24) is 20.2 Å². The molecular weight excluding hydrogens is 422 g/mol. The van der Waals surface area contributed by atoms with Crippen molar-refractivity contribution in [2.45, 2.75) is 20.3 Å². The number of aromatic nitrogens is 4. The predicted molar refractivity (Wildman–Crippen MR) is 138 cm³/mol. The number of carbonyl (C=O) groups is 1. The first-order valence-corrected chi connectivity index (χ1v) is 11.4. The fraction of sp³-hybridized carbons (Fsp3) is 0.107. The lowest BCUT2D eigenvalue weighted by atomic mass is 9.93. The second-order valence-electron chi connectivity index (χ2n) is 8.51. The van der Waals surface area contributed by atoms with Gasteiger partial charge in [-0.05, 0) is 64.9 Å². The SMILES string of the molecule is CCc1cc(-c2ccc3[nH]nc(-c4nc5ccccc5[nH]4)c3c2)c2cccc(NC(C)=O)c2c1. The third-order valence-electron chi connectivity index (χ3n) is 6.26. The summed E-state index contributed by atoms with van der Waals surface area (Å²) in [5, 5.41) is 13.8. The Hall–Kier alpha value is -4.45. The lowest BCUT2D eigenvalue weighted by Gasteiger charge is -2.14. The summed E-state index contributed by atoms with van der Waals surface area (Å²) in [6.07, 6.45) is 0.898. The second-order valence-corrected chi connectivity index (χ2v) is 8.51. The second kappa shape index (κ2) is 7.85. The van der Waals surface area contributed by atoms with Crippen LogP contribution in [0.25, 0.3) is 55.4 Å². The summed E-state index contributed by atoms with van der Waals surface area (Å²) >= 11 is 0. The van der Waals surface area contributed by atoms with Gasteiger partial charge in [-0.1, -0.05) is 43.3 Å². The minimum absolute atomic E-state index is 0.0776. The molecule has 6 rings (SSSR count). The number of fused-ring (bicyclic) bond motifs is 3. The number of amides is 1. The van der Waals surface area contributed by atoms with E-state index in [0.717, 1.165) is 67.5 Å². The number of imidazole rings is 1. The van der Waals surface area contributed by atoms with Crippen LogP contribution >= 0.6 is 0 Å². The van der Waals surface area contributed by atoms with Crippen molar-refractivity contribution in [2.24, 2.45) is 0 Å². The molecule has 3 N–H and O–H groups in total. The molecule has 0 spiro atoms. The number of nitrogens with zero attached hydrogens (tertiary/aromatic N) is 2. The van der Waals surface area contributed by atoms with Gasteiger partial charge < -0.3 is 10.3 Å². The van der Waals surface area contributed by atoms with E-state index in [0.29, 0.717) is 0 Å². The molecule has 2 heterocycles. The number of H-pyrrole nitrogens is 2. The Labute approximate surface area is 196 Å². The fourth-order valence-electron chi connectivity index (χ4n) is 4.61. The van der Waals surface area contributed by atoms with E-state index in [9.17, 15) is 4.79 Å². The molecule has 6 nitrogen and oxygen atoms in total. The molecule has 6 aromatic rings. The summed E-state index contributed by atoms with van der Waals surface area (Å²) in [6, 6.07) is 24.8. The molecule has 0 aliphatic rings. The lowest BCUT2D eigenvalue weighted by Crippen LogP contribution is -2.06. The molecule has 0 atom stereocenters. The first kappa shape index (κ1) is 20.2. The topological polar surface area (TPSA) is 86.5 Å². The number of hydrogen-bond acceptors (Lipinski definition) is 3. The van der Waals surface area contributed by atoms with E-state index >= 15 is 0 Å². The molecule has 0 radical (unpaired) electrons. The van der Waals surface area contributed by atoms with Gasteiger partial charge in [0, 0.05) is 23.4 Å². The summed E-state index contributed by atoms with van der Waals surface area (Å²) in [6.45, 7) is 3.68. The number of nitrogens with one attached hydrogen (secondary N) is 3.